The Labute approximate surface area is 164 Å². The molecule has 28 heavy (non-hydrogen) atoms. The van der Waals surface area contributed by atoms with Crippen LogP contribution in [-0.2, 0) is 17.6 Å². The molecule has 1 aliphatic rings. The molecule has 0 spiro atoms. The van der Waals surface area contributed by atoms with Crippen molar-refractivity contribution in [1.29, 1.82) is 0 Å². The maximum absolute atomic E-state index is 13.0. The summed E-state index contributed by atoms with van der Waals surface area (Å²) < 4.78 is 1.98. The Hall–Kier alpha value is -3.15. The van der Waals surface area contributed by atoms with Gasteiger partial charge in [0.25, 0.3) is 5.91 Å². The lowest BCUT2D eigenvalue weighted by Crippen LogP contribution is -2.25. The lowest BCUT2D eigenvalue weighted by atomic mass is 10.1. The molecule has 0 saturated heterocycles. The van der Waals surface area contributed by atoms with Crippen molar-refractivity contribution in [2.45, 2.75) is 33.6 Å². The van der Waals surface area contributed by atoms with Crippen molar-refractivity contribution in [2.24, 2.45) is 5.92 Å². The van der Waals surface area contributed by atoms with Crippen molar-refractivity contribution in [3.05, 3.63) is 59.7 Å². The van der Waals surface area contributed by atoms with Gasteiger partial charge in [0, 0.05) is 37.5 Å². The lowest BCUT2D eigenvalue weighted by molar-refractivity contribution is -0.116. The molecule has 1 N–H and O–H groups in total. The zero-order chi connectivity index (χ0) is 19.8. The molecule has 144 valence electrons. The number of pyridine rings is 1. The Bertz CT molecular complexity index is 1070. The second kappa shape index (κ2) is 7.11. The maximum atomic E-state index is 13.0. The van der Waals surface area contributed by atoms with Crippen LogP contribution in [0.4, 0.5) is 11.4 Å². The van der Waals surface area contributed by atoms with E-state index in [2.05, 4.69) is 24.1 Å². The molecule has 3 heterocycles. The standard InChI is InChI=1S/C22H24N4O2/c1-14(2)12-20-24-21(18-6-4-5-10-26(18)20)22(28)23-17-8-7-16-9-11-25(15(3)27)19(16)13-17/h4-8,10,13-14H,9,11-12H2,1-3H3,(H,23,28). The largest absolute Gasteiger partial charge is 0.321 e. The molecule has 0 fully saturated rings. The summed E-state index contributed by atoms with van der Waals surface area (Å²) in [6, 6.07) is 11.5. The number of hydrogen-bond acceptors (Lipinski definition) is 3. The van der Waals surface area contributed by atoms with E-state index < -0.39 is 0 Å². The van der Waals surface area contributed by atoms with Gasteiger partial charge in [-0.15, -0.1) is 0 Å². The van der Waals surface area contributed by atoms with E-state index in [1.165, 1.54) is 0 Å². The van der Waals surface area contributed by atoms with Gasteiger partial charge in [-0.25, -0.2) is 4.98 Å². The molecule has 0 unspecified atom stereocenters. The third-order valence-electron chi connectivity index (χ3n) is 5.05. The van der Waals surface area contributed by atoms with Crippen LogP contribution in [0, 0.1) is 5.92 Å². The molecule has 0 aliphatic carbocycles. The Kier molecular flexibility index (Phi) is 4.63. The second-order valence-corrected chi connectivity index (χ2v) is 7.65. The van der Waals surface area contributed by atoms with Crippen molar-refractivity contribution in [1.82, 2.24) is 9.38 Å². The number of anilines is 2. The van der Waals surface area contributed by atoms with Crippen LogP contribution in [0.3, 0.4) is 0 Å². The van der Waals surface area contributed by atoms with Crippen LogP contribution in [0.1, 0.15) is 42.6 Å². The van der Waals surface area contributed by atoms with E-state index in [1.54, 1.807) is 11.8 Å². The van der Waals surface area contributed by atoms with E-state index in [-0.39, 0.29) is 11.8 Å². The first-order chi connectivity index (χ1) is 13.4. The van der Waals surface area contributed by atoms with Crippen LogP contribution in [0.5, 0.6) is 0 Å². The maximum Gasteiger partial charge on any atom is 0.276 e. The summed E-state index contributed by atoms with van der Waals surface area (Å²) in [7, 11) is 0. The molecular formula is C22H24N4O2. The second-order valence-electron chi connectivity index (χ2n) is 7.65. The van der Waals surface area contributed by atoms with Gasteiger partial charge in [-0.05, 0) is 42.2 Å². The predicted molar refractivity (Wildman–Crippen MR) is 110 cm³/mol. The van der Waals surface area contributed by atoms with Crippen LogP contribution in [-0.4, -0.2) is 27.7 Å². The van der Waals surface area contributed by atoms with Crippen LogP contribution in [0.15, 0.2) is 42.6 Å². The van der Waals surface area contributed by atoms with Crippen molar-refractivity contribution in [3.63, 3.8) is 0 Å². The van der Waals surface area contributed by atoms with Gasteiger partial charge in [0.05, 0.1) is 5.52 Å². The monoisotopic (exact) mass is 376 g/mol. The number of benzene rings is 1. The quantitative estimate of drug-likeness (QED) is 0.755. The minimum absolute atomic E-state index is 0.0145. The lowest BCUT2D eigenvalue weighted by Gasteiger charge is -2.15. The summed E-state index contributed by atoms with van der Waals surface area (Å²) in [5, 5.41) is 2.95. The van der Waals surface area contributed by atoms with Crippen LogP contribution in [0.2, 0.25) is 0 Å². The number of rotatable bonds is 4. The van der Waals surface area contributed by atoms with E-state index in [1.807, 2.05) is 47.0 Å². The molecule has 1 aromatic carbocycles. The van der Waals surface area contributed by atoms with Gasteiger partial charge in [-0.1, -0.05) is 26.0 Å². The molecule has 0 radical (unpaired) electrons. The Morgan fingerprint density at radius 2 is 2.04 bits per heavy atom. The van der Waals surface area contributed by atoms with Crippen LogP contribution >= 0.6 is 0 Å². The summed E-state index contributed by atoms with van der Waals surface area (Å²) in [4.78, 5) is 31.2. The molecule has 1 aliphatic heterocycles. The predicted octanol–water partition coefficient (Wildman–Crippen LogP) is 3.69. The minimum Gasteiger partial charge on any atom is -0.321 e. The number of nitrogens with one attached hydrogen (secondary N) is 1. The Morgan fingerprint density at radius 1 is 1.21 bits per heavy atom. The molecule has 0 atom stereocenters. The smallest absolute Gasteiger partial charge is 0.276 e. The van der Waals surface area contributed by atoms with Crippen molar-refractivity contribution in [3.8, 4) is 0 Å². The number of carbonyl (C=O) groups is 2. The highest BCUT2D eigenvalue weighted by Crippen LogP contribution is 2.31. The van der Waals surface area contributed by atoms with Gasteiger partial charge >= 0.3 is 0 Å². The normalized spacial score (nSPS) is 13.2. The molecule has 2 aromatic heterocycles. The third-order valence-corrected chi connectivity index (χ3v) is 5.05. The third kappa shape index (κ3) is 3.26. The summed E-state index contributed by atoms with van der Waals surface area (Å²) in [6.45, 7) is 6.52. The SMILES string of the molecule is CC(=O)N1CCc2ccc(NC(=O)c3nc(CC(C)C)n4ccccc34)cc21. The first kappa shape index (κ1) is 18.2. The van der Waals surface area contributed by atoms with Gasteiger partial charge in [-0.3, -0.25) is 9.59 Å². The van der Waals surface area contributed by atoms with Gasteiger partial charge in [0.15, 0.2) is 5.69 Å². The van der Waals surface area contributed by atoms with E-state index in [4.69, 9.17) is 0 Å². The van der Waals surface area contributed by atoms with Gasteiger partial charge in [-0.2, -0.15) is 0 Å². The highest BCUT2D eigenvalue weighted by atomic mass is 16.2. The molecule has 6 heteroatoms. The number of nitrogens with zero attached hydrogens (tertiary/aromatic N) is 3. The fraction of sp³-hybridized carbons (Fsp3) is 0.318. The highest BCUT2D eigenvalue weighted by molar-refractivity contribution is 6.08. The average Bonchev–Trinajstić information content (AvgIpc) is 3.23. The molecule has 3 aromatic rings. The van der Waals surface area contributed by atoms with E-state index in [0.717, 1.165) is 35.4 Å². The average molecular weight is 376 g/mol. The number of hydrogen-bond donors (Lipinski definition) is 1. The van der Waals surface area contributed by atoms with E-state index >= 15 is 0 Å². The summed E-state index contributed by atoms with van der Waals surface area (Å²) in [5.41, 5.74) is 3.88. The van der Waals surface area contributed by atoms with Crippen molar-refractivity contribution < 1.29 is 9.59 Å². The first-order valence-electron chi connectivity index (χ1n) is 9.62. The number of amides is 2. The molecule has 0 saturated carbocycles. The Morgan fingerprint density at radius 3 is 2.79 bits per heavy atom. The zero-order valence-corrected chi connectivity index (χ0v) is 16.4. The van der Waals surface area contributed by atoms with Crippen molar-refractivity contribution in [2.75, 3.05) is 16.8 Å². The van der Waals surface area contributed by atoms with Gasteiger partial charge in [0.2, 0.25) is 5.91 Å². The van der Waals surface area contributed by atoms with Gasteiger partial charge < -0.3 is 14.6 Å². The summed E-state index contributed by atoms with van der Waals surface area (Å²) in [5.74, 6) is 1.09. The summed E-state index contributed by atoms with van der Waals surface area (Å²) in [6.07, 6.45) is 3.58. The molecule has 2 amide bonds. The number of carbonyl (C=O) groups excluding carboxylic acids is 2. The van der Waals surface area contributed by atoms with E-state index in [0.29, 0.717) is 23.8 Å². The molecule has 0 bridgehead atoms. The minimum atomic E-state index is -0.244. The number of aromatic nitrogens is 2. The molecule has 6 nitrogen and oxygen atoms in total. The fourth-order valence-corrected chi connectivity index (χ4v) is 3.75. The van der Waals surface area contributed by atoms with Crippen LogP contribution in [0.25, 0.3) is 5.52 Å². The number of fused-ring (bicyclic) bond motifs is 2. The van der Waals surface area contributed by atoms with Crippen LogP contribution < -0.4 is 10.2 Å². The Balaban J connectivity index is 1.65. The topological polar surface area (TPSA) is 66.7 Å². The van der Waals surface area contributed by atoms with E-state index in [9.17, 15) is 9.59 Å². The number of imidazole rings is 1. The first-order valence-corrected chi connectivity index (χ1v) is 9.62. The van der Waals surface area contributed by atoms with Gasteiger partial charge in [0.1, 0.15) is 5.82 Å². The fourth-order valence-electron chi connectivity index (χ4n) is 3.75. The molecular weight excluding hydrogens is 352 g/mol. The van der Waals surface area contributed by atoms with Crippen molar-refractivity contribution >= 4 is 28.7 Å². The zero-order valence-electron chi connectivity index (χ0n) is 16.4. The molecule has 4 rings (SSSR count). The summed E-state index contributed by atoms with van der Waals surface area (Å²) >= 11 is 0. The highest BCUT2D eigenvalue weighted by Gasteiger charge is 2.23.